The van der Waals surface area contributed by atoms with Gasteiger partial charge in [-0.25, -0.2) is 0 Å². The average molecular weight is 232 g/mol. The molecule has 1 aromatic carbocycles. The number of piperidine rings is 1. The van der Waals surface area contributed by atoms with Crippen molar-refractivity contribution in [2.45, 2.75) is 33.2 Å². The van der Waals surface area contributed by atoms with Crippen molar-refractivity contribution < 1.29 is 0 Å². The zero-order valence-electron chi connectivity index (χ0n) is 11.5. The van der Waals surface area contributed by atoms with E-state index >= 15 is 0 Å². The van der Waals surface area contributed by atoms with E-state index in [1.165, 1.54) is 29.8 Å². The molecular weight excluding hydrogens is 208 g/mol. The third-order valence-corrected chi connectivity index (χ3v) is 3.85. The Bertz CT molecular complexity index is 366. The number of nitrogens with zero attached hydrogens (tertiary/aromatic N) is 1. The highest BCUT2D eigenvalue weighted by atomic mass is 15.2. The second kappa shape index (κ2) is 5.09. The molecule has 0 aliphatic carbocycles. The van der Waals surface area contributed by atoms with E-state index < -0.39 is 0 Å². The molecular formula is C15H24N2. The van der Waals surface area contributed by atoms with Gasteiger partial charge in [0, 0.05) is 24.8 Å². The number of hydrogen-bond donors (Lipinski definition) is 1. The lowest BCUT2D eigenvalue weighted by Gasteiger charge is -2.38. The third-order valence-electron chi connectivity index (χ3n) is 3.85. The number of rotatable bonds is 2. The van der Waals surface area contributed by atoms with Gasteiger partial charge in [-0.1, -0.05) is 13.0 Å². The van der Waals surface area contributed by atoms with E-state index in [0.717, 1.165) is 12.5 Å². The summed E-state index contributed by atoms with van der Waals surface area (Å²) in [6, 6.07) is 7.53. The predicted molar refractivity (Wildman–Crippen MR) is 74.8 cm³/mol. The highest BCUT2D eigenvalue weighted by molar-refractivity contribution is 5.51. The smallest absolute Gasteiger partial charge is 0.0371 e. The molecule has 0 spiro atoms. The first-order valence-corrected chi connectivity index (χ1v) is 6.60. The fourth-order valence-electron chi connectivity index (χ4n) is 2.94. The van der Waals surface area contributed by atoms with Crippen LogP contribution in [0.1, 0.15) is 24.5 Å². The molecule has 2 rings (SSSR count). The van der Waals surface area contributed by atoms with Crippen LogP contribution >= 0.6 is 0 Å². The molecule has 0 saturated carbocycles. The average Bonchev–Trinajstić information content (AvgIpc) is 2.27. The maximum atomic E-state index is 3.42. The van der Waals surface area contributed by atoms with Crippen LogP contribution in [-0.2, 0) is 0 Å². The zero-order valence-corrected chi connectivity index (χ0v) is 11.5. The molecule has 2 unspecified atom stereocenters. The standard InChI is InChI=1S/C15H24N2/c1-11-7-12(2)9-14(8-11)17-6-5-15(16-4)13(3)10-17/h7-9,13,15-16H,5-6,10H2,1-4H3. The molecule has 1 N–H and O–H groups in total. The fourth-order valence-corrected chi connectivity index (χ4v) is 2.94. The van der Waals surface area contributed by atoms with Crippen LogP contribution in [-0.4, -0.2) is 26.2 Å². The van der Waals surface area contributed by atoms with E-state index in [9.17, 15) is 0 Å². The molecule has 1 aliphatic heterocycles. The SMILES string of the molecule is CNC1CCN(c2cc(C)cc(C)c2)CC1C. The van der Waals surface area contributed by atoms with Gasteiger partial charge in [0.2, 0.25) is 0 Å². The lowest BCUT2D eigenvalue weighted by Crippen LogP contribution is -2.47. The molecule has 0 bridgehead atoms. The van der Waals surface area contributed by atoms with Crippen LogP contribution in [0.15, 0.2) is 18.2 Å². The Kier molecular flexibility index (Phi) is 3.72. The van der Waals surface area contributed by atoms with Crippen LogP contribution in [0.25, 0.3) is 0 Å². The van der Waals surface area contributed by atoms with Gasteiger partial charge in [-0.05, 0) is 56.5 Å². The van der Waals surface area contributed by atoms with Gasteiger partial charge in [0.05, 0.1) is 0 Å². The minimum Gasteiger partial charge on any atom is -0.371 e. The summed E-state index contributed by atoms with van der Waals surface area (Å²) in [7, 11) is 2.08. The molecule has 2 heteroatoms. The number of nitrogens with one attached hydrogen (secondary N) is 1. The van der Waals surface area contributed by atoms with E-state index in [0.29, 0.717) is 6.04 Å². The Hall–Kier alpha value is -1.02. The summed E-state index contributed by atoms with van der Waals surface area (Å²) in [5.74, 6) is 0.717. The van der Waals surface area contributed by atoms with Gasteiger partial charge in [0.1, 0.15) is 0 Å². The molecule has 2 nitrogen and oxygen atoms in total. The Morgan fingerprint density at radius 3 is 2.35 bits per heavy atom. The summed E-state index contributed by atoms with van der Waals surface area (Å²) >= 11 is 0. The molecule has 0 radical (unpaired) electrons. The Morgan fingerprint density at radius 1 is 1.18 bits per heavy atom. The molecule has 1 aromatic rings. The lowest BCUT2D eigenvalue weighted by atomic mass is 9.93. The van der Waals surface area contributed by atoms with Gasteiger partial charge in [-0.15, -0.1) is 0 Å². The number of hydrogen-bond acceptors (Lipinski definition) is 2. The maximum Gasteiger partial charge on any atom is 0.0371 e. The molecule has 0 aromatic heterocycles. The summed E-state index contributed by atoms with van der Waals surface area (Å²) in [6.07, 6.45) is 1.24. The molecule has 1 heterocycles. The van der Waals surface area contributed by atoms with Crippen molar-refractivity contribution in [3.05, 3.63) is 29.3 Å². The van der Waals surface area contributed by atoms with Crippen molar-refractivity contribution >= 4 is 5.69 Å². The molecule has 1 aliphatic rings. The first-order valence-electron chi connectivity index (χ1n) is 6.60. The highest BCUT2D eigenvalue weighted by Crippen LogP contribution is 2.25. The Morgan fingerprint density at radius 2 is 1.82 bits per heavy atom. The summed E-state index contributed by atoms with van der Waals surface area (Å²) in [6.45, 7) is 9.03. The van der Waals surface area contributed by atoms with Crippen molar-refractivity contribution in [2.24, 2.45) is 5.92 Å². The second-order valence-corrected chi connectivity index (χ2v) is 5.45. The van der Waals surface area contributed by atoms with Gasteiger partial charge in [0.25, 0.3) is 0 Å². The van der Waals surface area contributed by atoms with Crippen molar-refractivity contribution in [1.29, 1.82) is 0 Å². The Balaban J connectivity index is 2.13. The third kappa shape index (κ3) is 2.81. The topological polar surface area (TPSA) is 15.3 Å². The van der Waals surface area contributed by atoms with Gasteiger partial charge in [-0.2, -0.15) is 0 Å². The summed E-state index contributed by atoms with van der Waals surface area (Å²) in [5.41, 5.74) is 4.12. The molecule has 0 amide bonds. The highest BCUT2D eigenvalue weighted by Gasteiger charge is 2.24. The van der Waals surface area contributed by atoms with Crippen LogP contribution in [0.4, 0.5) is 5.69 Å². The number of aryl methyl sites for hydroxylation is 2. The quantitative estimate of drug-likeness (QED) is 0.843. The largest absolute Gasteiger partial charge is 0.371 e. The monoisotopic (exact) mass is 232 g/mol. The van der Waals surface area contributed by atoms with E-state index in [-0.39, 0.29) is 0 Å². The molecule has 2 atom stereocenters. The predicted octanol–water partition coefficient (Wildman–Crippen LogP) is 2.74. The maximum absolute atomic E-state index is 3.42. The van der Waals surface area contributed by atoms with Crippen LogP contribution < -0.4 is 10.2 Å². The first kappa shape index (κ1) is 12.4. The van der Waals surface area contributed by atoms with Gasteiger partial charge < -0.3 is 10.2 Å². The summed E-state index contributed by atoms with van der Waals surface area (Å²) in [4.78, 5) is 2.53. The van der Waals surface area contributed by atoms with Crippen LogP contribution in [0.5, 0.6) is 0 Å². The van der Waals surface area contributed by atoms with Crippen LogP contribution in [0.3, 0.4) is 0 Å². The molecule has 1 fully saturated rings. The molecule has 1 saturated heterocycles. The van der Waals surface area contributed by atoms with E-state index in [1.807, 2.05) is 0 Å². The van der Waals surface area contributed by atoms with Crippen molar-refractivity contribution in [2.75, 3.05) is 25.0 Å². The van der Waals surface area contributed by atoms with E-state index in [2.05, 4.69) is 56.2 Å². The van der Waals surface area contributed by atoms with Crippen LogP contribution in [0.2, 0.25) is 0 Å². The normalized spacial score (nSPS) is 25.1. The van der Waals surface area contributed by atoms with Gasteiger partial charge >= 0.3 is 0 Å². The first-order chi connectivity index (χ1) is 8.10. The molecule has 17 heavy (non-hydrogen) atoms. The van der Waals surface area contributed by atoms with Crippen LogP contribution in [0, 0.1) is 19.8 Å². The number of anilines is 1. The number of benzene rings is 1. The van der Waals surface area contributed by atoms with Crippen molar-refractivity contribution in [3.63, 3.8) is 0 Å². The lowest BCUT2D eigenvalue weighted by molar-refractivity contribution is 0.339. The van der Waals surface area contributed by atoms with Gasteiger partial charge in [0.15, 0.2) is 0 Å². The molecule has 94 valence electrons. The summed E-state index contributed by atoms with van der Waals surface area (Å²) < 4.78 is 0. The Labute approximate surface area is 105 Å². The minimum atomic E-state index is 0.678. The van der Waals surface area contributed by atoms with E-state index in [1.54, 1.807) is 0 Å². The summed E-state index contributed by atoms with van der Waals surface area (Å²) in [5, 5.41) is 3.42. The fraction of sp³-hybridized carbons (Fsp3) is 0.600. The minimum absolute atomic E-state index is 0.678. The zero-order chi connectivity index (χ0) is 12.4. The van der Waals surface area contributed by atoms with Crippen molar-refractivity contribution in [1.82, 2.24) is 5.32 Å². The van der Waals surface area contributed by atoms with E-state index in [4.69, 9.17) is 0 Å². The van der Waals surface area contributed by atoms with Crippen molar-refractivity contribution in [3.8, 4) is 0 Å². The van der Waals surface area contributed by atoms with Gasteiger partial charge in [-0.3, -0.25) is 0 Å². The second-order valence-electron chi connectivity index (χ2n) is 5.45.